The number of hydrogen-bond donors (Lipinski definition) is 2. The number of ketones is 1. The molecule has 3 aromatic rings. The Morgan fingerprint density at radius 1 is 1.24 bits per heavy atom. The highest BCUT2D eigenvalue weighted by atomic mass is 79.9. The van der Waals surface area contributed by atoms with Gasteiger partial charge in [0.05, 0.1) is 5.52 Å². The minimum absolute atomic E-state index is 0.0420. The first kappa shape index (κ1) is 19.5. The number of thioether (sulfide) groups is 1. The number of nitrogens with zero attached hydrogens (tertiary/aromatic N) is 3. The lowest BCUT2D eigenvalue weighted by Gasteiger charge is -2.05. The van der Waals surface area contributed by atoms with E-state index >= 15 is 0 Å². The van der Waals surface area contributed by atoms with Gasteiger partial charge in [0.25, 0.3) is 5.91 Å². The molecule has 2 aromatic carbocycles. The van der Waals surface area contributed by atoms with Crippen LogP contribution in [-0.4, -0.2) is 32.2 Å². The predicted octanol–water partition coefficient (Wildman–Crippen LogP) is 5.30. The zero-order valence-corrected chi connectivity index (χ0v) is 17.6. The van der Waals surface area contributed by atoms with Crippen molar-refractivity contribution in [2.75, 3.05) is 0 Å². The highest BCUT2D eigenvalue weighted by molar-refractivity contribution is 9.10. The van der Waals surface area contributed by atoms with Crippen molar-refractivity contribution in [3.8, 4) is 5.88 Å². The van der Waals surface area contributed by atoms with Gasteiger partial charge in [-0.05, 0) is 25.1 Å². The highest BCUT2D eigenvalue weighted by Crippen LogP contribution is 2.37. The van der Waals surface area contributed by atoms with Gasteiger partial charge in [-0.1, -0.05) is 57.5 Å². The van der Waals surface area contributed by atoms with E-state index in [2.05, 4.69) is 36.1 Å². The molecule has 1 aliphatic heterocycles. The van der Waals surface area contributed by atoms with Gasteiger partial charge in [0.15, 0.2) is 11.5 Å². The van der Waals surface area contributed by atoms with E-state index in [9.17, 15) is 14.7 Å². The van der Waals surface area contributed by atoms with Crippen LogP contribution in [0.4, 0.5) is 5.69 Å². The van der Waals surface area contributed by atoms with Crippen LogP contribution in [0.15, 0.2) is 62.2 Å². The van der Waals surface area contributed by atoms with Gasteiger partial charge in [0.2, 0.25) is 11.0 Å². The maximum atomic E-state index is 12.4. The highest BCUT2D eigenvalue weighted by Gasteiger charge is 2.31. The van der Waals surface area contributed by atoms with Crippen LogP contribution in [0.25, 0.3) is 10.9 Å². The standard InChI is InChI=1S/C20H15BrN4O3S/c1-10-2-4-11(5-3-10)15(26)9-16-18(27)23-20(29-16)25-24-17-13-8-12(21)6-7-14(13)22-19(17)28/h2-8,16,22,28H,9H2,1H3. The summed E-state index contributed by atoms with van der Waals surface area (Å²) in [6.45, 7) is 1.94. The number of aryl methyl sites for hydroxylation is 1. The first-order chi connectivity index (χ1) is 13.9. The zero-order valence-electron chi connectivity index (χ0n) is 15.2. The first-order valence-electron chi connectivity index (χ1n) is 8.71. The van der Waals surface area contributed by atoms with Crippen molar-refractivity contribution in [1.82, 2.24) is 4.98 Å². The number of Topliss-reactive ketones (excluding diaryl/α,β-unsaturated/α-hetero) is 1. The first-order valence-corrected chi connectivity index (χ1v) is 10.4. The fraction of sp³-hybridized carbons (Fsp3) is 0.150. The largest absolute Gasteiger partial charge is 0.493 e. The number of aromatic hydroxyl groups is 1. The van der Waals surface area contributed by atoms with Gasteiger partial charge in [0.1, 0.15) is 5.25 Å². The van der Waals surface area contributed by atoms with Crippen LogP contribution >= 0.6 is 27.7 Å². The molecule has 2 heterocycles. The number of benzene rings is 2. The van der Waals surface area contributed by atoms with Crippen LogP contribution in [0.3, 0.4) is 0 Å². The number of H-pyrrole nitrogens is 1. The van der Waals surface area contributed by atoms with Crippen LogP contribution < -0.4 is 0 Å². The average Bonchev–Trinajstić information content (AvgIpc) is 3.19. The number of rotatable bonds is 4. The summed E-state index contributed by atoms with van der Waals surface area (Å²) < 4.78 is 0.831. The third-order valence-electron chi connectivity index (χ3n) is 4.42. The fourth-order valence-electron chi connectivity index (χ4n) is 2.90. The molecule has 1 atom stereocenters. The molecule has 9 heteroatoms. The van der Waals surface area contributed by atoms with Gasteiger partial charge in [-0.25, -0.2) is 0 Å². The van der Waals surface area contributed by atoms with Gasteiger partial charge in [-0.2, -0.15) is 4.99 Å². The van der Waals surface area contributed by atoms with E-state index in [4.69, 9.17) is 0 Å². The van der Waals surface area contributed by atoms with Crippen LogP contribution in [0.2, 0.25) is 0 Å². The molecular formula is C20H15BrN4O3S. The third-order valence-corrected chi connectivity index (χ3v) is 5.95. The molecule has 2 N–H and O–H groups in total. The van der Waals surface area contributed by atoms with E-state index in [0.29, 0.717) is 16.5 Å². The third kappa shape index (κ3) is 4.15. The molecule has 0 radical (unpaired) electrons. The Balaban J connectivity index is 1.47. The van der Waals surface area contributed by atoms with Crippen LogP contribution in [0.1, 0.15) is 22.3 Å². The molecule has 0 saturated heterocycles. The van der Waals surface area contributed by atoms with E-state index in [1.165, 1.54) is 0 Å². The molecule has 146 valence electrons. The van der Waals surface area contributed by atoms with Crippen molar-refractivity contribution in [3.63, 3.8) is 0 Å². The maximum Gasteiger partial charge on any atom is 0.262 e. The number of aromatic nitrogens is 1. The lowest BCUT2D eigenvalue weighted by Crippen LogP contribution is -2.16. The normalized spacial score (nSPS) is 16.7. The number of amidine groups is 1. The number of halogens is 1. The van der Waals surface area contributed by atoms with Crippen molar-refractivity contribution in [1.29, 1.82) is 0 Å². The fourth-order valence-corrected chi connectivity index (χ4v) is 4.14. The predicted molar refractivity (Wildman–Crippen MR) is 116 cm³/mol. The topological polar surface area (TPSA) is 107 Å². The van der Waals surface area contributed by atoms with Gasteiger partial charge in [-0.3, -0.25) is 9.59 Å². The Bertz CT molecular complexity index is 1180. The Morgan fingerprint density at radius 3 is 2.76 bits per heavy atom. The summed E-state index contributed by atoms with van der Waals surface area (Å²) in [5.74, 6) is -0.651. The minimum atomic E-state index is -0.622. The second kappa shape index (κ2) is 7.92. The molecule has 0 aliphatic carbocycles. The molecule has 0 spiro atoms. The smallest absolute Gasteiger partial charge is 0.262 e. The van der Waals surface area contributed by atoms with Crippen molar-refractivity contribution >= 4 is 61.1 Å². The van der Waals surface area contributed by atoms with Gasteiger partial charge < -0.3 is 10.1 Å². The Kier molecular flexibility index (Phi) is 5.33. The number of azo groups is 1. The molecule has 7 nitrogen and oxygen atoms in total. The Labute approximate surface area is 178 Å². The number of carbonyl (C=O) groups excluding carboxylic acids is 2. The van der Waals surface area contributed by atoms with Gasteiger partial charge >= 0.3 is 0 Å². The van der Waals surface area contributed by atoms with Gasteiger partial charge in [-0.15, -0.1) is 10.2 Å². The Hall–Kier alpha value is -2.78. The minimum Gasteiger partial charge on any atom is -0.493 e. The number of amides is 1. The molecular weight excluding hydrogens is 456 g/mol. The number of hydrogen-bond acceptors (Lipinski definition) is 6. The van der Waals surface area contributed by atoms with Crippen molar-refractivity contribution in [2.24, 2.45) is 15.2 Å². The SMILES string of the molecule is Cc1ccc(C(=O)CC2SC(N=Nc3c(O)[nH]c4ccc(Br)cc34)=NC2=O)cc1. The number of aromatic amines is 1. The van der Waals surface area contributed by atoms with E-state index in [0.717, 1.165) is 21.8 Å². The van der Waals surface area contributed by atoms with E-state index in [-0.39, 0.29) is 28.9 Å². The second-order valence-corrected chi connectivity index (χ2v) is 8.63. The lowest BCUT2D eigenvalue weighted by atomic mass is 10.0. The summed E-state index contributed by atoms with van der Waals surface area (Å²) in [5, 5.41) is 18.4. The lowest BCUT2D eigenvalue weighted by molar-refractivity contribution is -0.117. The number of fused-ring (bicyclic) bond motifs is 1. The summed E-state index contributed by atoms with van der Waals surface area (Å²) in [5.41, 5.74) is 2.59. The molecule has 1 aromatic heterocycles. The van der Waals surface area contributed by atoms with E-state index in [1.807, 2.05) is 25.1 Å². The van der Waals surface area contributed by atoms with Crippen molar-refractivity contribution < 1.29 is 14.7 Å². The molecule has 0 bridgehead atoms. The quantitative estimate of drug-likeness (QED) is 0.398. The molecule has 0 saturated carbocycles. The number of nitrogens with one attached hydrogen (secondary N) is 1. The van der Waals surface area contributed by atoms with Crippen LogP contribution in [0.5, 0.6) is 5.88 Å². The van der Waals surface area contributed by atoms with E-state index < -0.39 is 11.2 Å². The molecule has 1 unspecified atom stereocenters. The number of carbonyl (C=O) groups is 2. The molecule has 0 fully saturated rings. The molecule has 1 amide bonds. The summed E-state index contributed by atoms with van der Waals surface area (Å²) in [4.78, 5) is 31.3. The monoisotopic (exact) mass is 470 g/mol. The van der Waals surface area contributed by atoms with Crippen molar-refractivity contribution in [2.45, 2.75) is 18.6 Å². The van der Waals surface area contributed by atoms with Crippen molar-refractivity contribution in [3.05, 3.63) is 58.1 Å². The van der Waals surface area contributed by atoms with E-state index in [1.54, 1.807) is 24.3 Å². The summed E-state index contributed by atoms with van der Waals surface area (Å²) in [6.07, 6.45) is 0.0420. The van der Waals surface area contributed by atoms with Crippen LogP contribution in [0, 0.1) is 6.92 Å². The van der Waals surface area contributed by atoms with Crippen LogP contribution in [-0.2, 0) is 4.79 Å². The second-order valence-electron chi connectivity index (χ2n) is 6.54. The molecule has 4 rings (SSSR count). The Morgan fingerprint density at radius 2 is 2.00 bits per heavy atom. The average molecular weight is 471 g/mol. The summed E-state index contributed by atoms with van der Waals surface area (Å²) in [7, 11) is 0. The summed E-state index contributed by atoms with van der Waals surface area (Å²) >= 11 is 4.48. The zero-order chi connectivity index (χ0) is 20.5. The van der Waals surface area contributed by atoms with Gasteiger partial charge in [0, 0.05) is 21.8 Å². The maximum absolute atomic E-state index is 12.4. The molecule has 1 aliphatic rings. The summed E-state index contributed by atoms with van der Waals surface area (Å²) in [6, 6.07) is 12.7. The number of aliphatic imine (C=N–C) groups is 1. The molecule has 29 heavy (non-hydrogen) atoms.